The zero-order chi connectivity index (χ0) is 14.9. The predicted octanol–water partition coefficient (Wildman–Crippen LogP) is 4.22. The zero-order valence-corrected chi connectivity index (χ0v) is 13.0. The SMILES string of the molecule is CNC(c1ccc(Cl)c(F)c1)c1c(Cl)cnn1C(C)C. The minimum absolute atomic E-state index is 0.104. The monoisotopic (exact) mass is 315 g/mol. The summed E-state index contributed by atoms with van der Waals surface area (Å²) in [4.78, 5) is 0. The van der Waals surface area contributed by atoms with E-state index in [-0.39, 0.29) is 17.1 Å². The van der Waals surface area contributed by atoms with Crippen molar-refractivity contribution in [3.8, 4) is 0 Å². The van der Waals surface area contributed by atoms with Gasteiger partial charge in [-0.1, -0.05) is 29.3 Å². The van der Waals surface area contributed by atoms with Crippen LogP contribution in [0.4, 0.5) is 4.39 Å². The molecule has 0 fully saturated rings. The van der Waals surface area contributed by atoms with Gasteiger partial charge in [-0.15, -0.1) is 0 Å². The molecule has 2 rings (SSSR count). The molecule has 1 atom stereocenters. The van der Waals surface area contributed by atoms with Gasteiger partial charge in [-0.3, -0.25) is 4.68 Å². The number of nitrogens with one attached hydrogen (secondary N) is 1. The molecule has 0 aliphatic carbocycles. The van der Waals surface area contributed by atoms with E-state index in [0.717, 1.165) is 11.3 Å². The largest absolute Gasteiger partial charge is 0.308 e. The Morgan fingerprint density at radius 2 is 1.95 bits per heavy atom. The molecule has 1 aromatic heterocycles. The Kier molecular flexibility index (Phi) is 4.68. The van der Waals surface area contributed by atoms with Gasteiger partial charge in [0.2, 0.25) is 0 Å². The summed E-state index contributed by atoms with van der Waals surface area (Å²) < 4.78 is 15.5. The van der Waals surface area contributed by atoms with Gasteiger partial charge < -0.3 is 5.32 Å². The molecule has 6 heteroatoms. The van der Waals surface area contributed by atoms with Crippen molar-refractivity contribution < 1.29 is 4.39 Å². The van der Waals surface area contributed by atoms with E-state index in [2.05, 4.69) is 10.4 Å². The van der Waals surface area contributed by atoms with Gasteiger partial charge in [0, 0.05) is 6.04 Å². The average molecular weight is 316 g/mol. The number of hydrogen-bond donors (Lipinski definition) is 1. The molecule has 1 aromatic carbocycles. The highest BCUT2D eigenvalue weighted by Gasteiger charge is 2.22. The lowest BCUT2D eigenvalue weighted by Gasteiger charge is -2.21. The van der Waals surface area contributed by atoms with Gasteiger partial charge in [0.1, 0.15) is 5.82 Å². The highest BCUT2D eigenvalue weighted by atomic mass is 35.5. The topological polar surface area (TPSA) is 29.9 Å². The first-order valence-electron chi connectivity index (χ1n) is 6.30. The normalized spacial score (nSPS) is 12.9. The first kappa shape index (κ1) is 15.3. The van der Waals surface area contributed by atoms with E-state index in [9.17, 15) is 4.39 Å². The number of aromatic nitrogens is 2. The zero-order valence-electron chi connectivity index (χ0n) is 11.5. The quantitative estimate of drug-likeness (QED) is 0.915. The van der Waals surface area contributed by atoms with Crippen LogP contribution in [0.3, 0.4) is 0 Å². The average Bonchev–Trinajstić information content (AvgIpc) is 2.77. The van der Waals surface area contributed by atoms with Crippen LogP contribution >= 0.6 is 23.2 Å². The summed E-state index contributed by atoms with van der Waals surface area (Å²) in [6.07, 6.45) is 1.60. The summed E-state index contributed by atoms with van der Waals surface area (Å²) >= 11 is 12.0. The fourth-order valence-electron chi connectivity index (χ4n) is 2.19. The smallest absolute Gasteiger partial charge is 0.142 e. The van der Waals surface area contributed by atoms with Crippen molar-refractivity contribution >= 4 is 23.2 Å². The molecule has 1 N–H and O–H groups in total. The summed E-state index contributed by atoms with van der Waals surface area (Å²) in [5, 5.41) is 8.08. The molecule has 1 heterocycles. The van der Waals surface area contributed by atoms with Crippen LogP contribution in [-0.4, -0.2) is 16.8 Å². The summed E-state index contributed by atoms with van der Waals surface area (Å²) in [5.74, 6) is -0.448. The Morgan fingerprint density at radius 1 is 1.25 bits per heavy atom. The lowest BCUT2D eigenvalue weighted by Crippen LogP contribution is -2.23. The summed E-state index contributed by atoms with van der Waals surface area (Å²) in [6, 6.07) is 4.64. The van der Waals surface area contributed by atoms with E-state index in [1.807, 2.05) is 18.5 Å². The molecule has 0 aliphatic heterocycles. The van der Waals surface area contributed by atoms with Gasteiger partial charge in [0.05, 0.1) is 28.0 Å². The molecule has 0 aliphatic rings. The number of hydrogen-bond acceptors (Lipinski definition) is 2. The number of benzene rings is 1. The van der Waals surface area contributed by atoms with Crippen LogP contribution in [0.5, 0.6) is 0 Å². The van der Waals surface area contributed by atoms with Gasteiger partial charge >= 0.3 is 0 Å². The molecule has 2 aromatic rings. The highest BCUT2D eigenvalue weighted by molar-refractivity contribution is 6.31. The van der Waals surface area contributed by atoms with Crippen molar-refractivity contribution in [1.82, 2.24) is 15.1 Å². The van der Waals surface area contributed by atoms with Crippen LogP contribution < -0.4 is 5.32 Å². The Balaban J connectivity index is 2.52. The predicted molar refractivity (Wildman–Crippen MR) is 79.9 cm³/mol. The van der Waals surface area contributed by atoms with E-state index in [1.165, 1.54) is 6.07 Å². The molecule has 0 saturated carbocycles. The van der Waals surface area contributed by atoms with Crippen LogP contribution in [-0.2, 0) is 0 Å². The van der Waals surface area contributed by atoms with Gasteiger partial charge in [0.15, 0.2) is 0 Å². The van der Waals surface area contributed by atoms with Crippen LogP contribution in [0.15, 0.2) is 24.4 Å². The maximum atomic E-state index is 13.7. The fraction of sp³-hybridized carbons (Fsp3) is 0.357. The Bertz CT molecular complexity index is 610. The highest BCUT2D eigenvalue weighted by Crippen LogP contribution is 2.31. The molecule has 0 radical (unpaired) electrons. The van der Waals surface area contributed by atoms with Crippen molar-refractivity contribution in [2.45, 2.75) is 25.9 Å². The van der Waals surface area contributed by atoms with E-state index >= 15 is 0 Å². The van der Waals surface area contributed by atoms with Crippen LogP contribution in [0, 0.1) is 5.82 Å². The molecular formula is C14H16Cl2FN3. The number of nitrogens with zero attached hydrogens (tertiary/aromatic N) is 2. The molecule has 0 spiro atoms. The number of halogens is 3. The Hall–Kier alpha value is -1.10. The first-order valence-corrected chi connectivity index (χ1v) is 7.06. The standard InChI is InChI=1S/C14H16Cl2FN3/c1-8(2)20-14(11(16)7-19-20)13(18-3)9-4-5-10(15)12(17)6-9/h4-8,13,18H,1-3H3. The lowest BCUT2D eigenvalue weighted by molar-refractivity contribution is 0.483. The second kappa shape index (κ2) is 6.12. The van der Waals surface area contributed by atoms with Gasteiger partial charge in [0.25, 0.3) is 0 Å². The third-order valence-electron chi connectivity index (χ3n) is 3.12. The molecule has 108 valence electrons. The van der Waals surface area contributed by atoms with Crippen molar-refractivity contribution in [3.05, 3.63) is 51.5 Å². The molecule has 0 amide bonds. The second-order valence-corrected chi connectivity index (χ2v) is 5.63. The molecule has 0 saturated heterocycles. The van der Waals surface area contributed by atoms with E-state index in [4.69, 9.17) is 23.2 Å². The van der Waals surface area contributed by atoms with Crippen LogP contribution in [0.25, 0.3) is 0 Å². The van der Waals surface area contributed by atoms with Crippen molar-refractivity contribution in [3.63, 3.8) is 0 Å². The summed E-state index contributed by atoms with van der Waals surface area (Å²) in [5.41, 5.74) is 1.56. The summed E-state index contributed by atoms with van der Waals surface area (Å²) in [7, 11) is 1.80. The number of rotatable bonds is 4. The van der Waals surface area contributed by atoms with Crippen LogP contribution in [0.2, 0.25) is 10.0 Å². The minimum Gasteiger partial charge on any atom is -0.308 e. The third-order valence-corrected chi connectivity index (χ3v) is 3.71. The van der Waals surface area contributed by atoms with E-state index < -0.39 is 5.82 Å². The Morgan fingerprint density at radius 3 is 2.50 bits per heavy atom. The van der Waals surface area contributed by atoms with E-state index in [1.54, 1.807) is 25.4 Å². The first-order chi connectivity index (χ1) is 9.45. The fourth-order valence-corrected chi connectivity index (χ4v) is 2.54. The second-order valence-electron chi connectivity index (χ2n) is 4.81. The van der Waals surface area contributed by atoms with Gasteiger partial charge in [-0.2, -0.15) is 5.10 Å². The molecule has 3 nitrogen and oxygen atoms in total. The summed E-state index contributed by atoms with van der Waals surface area (Å²) in [6.45, 7) is 4.03. The van der Waals surface area contributed by atoms with Gasteiger partial charge in [-0.05, 0) is 38.6 Å². The molecule has 1 unspecified atom stereocenters. The maximum absolute atomic E-state index is 13.7. The third kappa shape index (κ3) is 2.82. The van der Waals surface area contributed by atoms with Gasteiger partial charge in [-0.25, -0.2) is 4.39 Å². The van der Waals surface area contributed by atoms with Crippen LogP contribution in [0.1, 0.15) is 37.2 Å². The van der Waals surface area contributed by atoms with E-state index in [0.29, 0.717) is 5.02 Å². The lowest BCUT2D eigenvalue weighted by atomic mass is 10.0. The molecule has 0 bridgehead atoms. The van der Waals surface area contributed by atoms with Crippen molar-refractivity contribution in [1.29, 1.82) is 0 Å². The van der Waals surface area contributed by atoms with Crippen molar-refractivity contribution in [2.24, 2.45) is 0 Å². The molecule has 20 heavy (non-hydrogen) atoms. The minimum atomic E-state index is -0.448. The maximum Gasteiger partial charge on any atom is 0.142 e. The molecular weight excluding hydrogens is 300 g/mol. The Labute approximate surface area is 127 Å². The van der Waals surface area contributed by atoms with Crippen molar-refractivity contribution in [2.75, 3.05) is 7.05 Å².